The quantitative estimate of drug-likeness (QED) is 0.0562. The van der Waals surface area contributed by atoms with Crippen LogP contribution in [0.2, 0.25) is 0 Å². The number of allylic oxidation sites excluding steroid dienone is 4. The fourth-order valence-corrected chi connectivity index (χ4v) is 10.4. The number of hydrogen-bond donors (Lipinski definition) is 1. The standard InChI is InChI=1S/C30H39N5O4.C23H35NO5/c1-5-8-9-13-16-34(4)28(37)25-18-23(35-32-27(31-33-35)21-14-11-10-12-15-21)17-24(25)26(36)20-30(19-22(30)6-2)29(38)39-7-3;1-5-8-9-10-11-24(4)21(27)19-13-17(25)12-18(19)20(26)15-23(14-16(23)6-2)22(28)29-7-3/h5-6,10-12,14-15,22-25H,1-2,7-9,13,16-20H2,3-4H3;5-6,16-19,25H,1-2,7-15H2,3-4H3/t22-,23-,24-,25-,30-;16-,17+,18-,19-,23-/m11/s1. The number of carbonyl (C=O) groups is 6. The zero-order valence-corrected chi connectivity index (χ0v) is 40.8. The molecule has 2 aromatic rings. The summed E-state index contributed by atoms with van der Waals surface area (Å²) in [7, 11) is 3.54. The summed E-state index contributed by atoms with van der Waals surface area (Å²) in [5.74, 6) is -2.88. The molecule has 15 nitrogen and oxygen atoms in total. The monoisotopic (exact) mass is 939 g/mol. The van der Waals surface area contributed by atoms with E-state index in [1.807, 2.05) is 42.5 Å². The molecule has 4 aliphatic carbocycles. The third-order valence-electron chi connectivity index (χ3n) is 14.6. The highest BCUT2D eigenvalue weighted by Gasteiger charge is 2.63. The van der Waals surface area contributed by atoms with Crippen LogP contribution < -0.4 is 0 Å². The lowest BCUT2D eigenvalue weighted by Crippen LogP contribution is -2.38. The minimum absolute atomic E-state index is 0.0483. The number of esters is 2. The summed E-state index contributed by atoms with van der Waals surface area (Å²) in [4.78, 5) is 83.7. The fourth-order valence-electron chi connectivity index (χ4n) is 10.4. The molecule has 1 heterocycles. The first-order valence-electron chi connectivity index (χ1n) is 24.5. The number of tetrazole rings is 1. The van der Waals surface area contributed by atoms with E-state index in [0.717, 1.165) is 44.1 Å². The van der Waals surface area contributed by atoms with Crippen molar-refractivity contribution < 1.29 is 43.3 Å². The van der Waals surface area contributed by atoms with E-state index in [0.29, 0.717) is 51.0 Å². The molecule has 4 saturated carbocycles. The molecule has 370 valence electrons. The number of ketones is 2. The van der Waals surface area contributed by atoms with Gasteiger partial charge in [-0.05, 0) is 108 Å². The largest absolute Gasteiger partial charge is 0.466 e. The van der Waals surface area contributed by atoms with Gasteiger partial charge in [-0.15, -0.1) is 36.5 Å². The topological polar surface area (TPSA) is 191 Å². The van der Waals surface area contributed by atoms with Gasteiger partial charge in [0.25, 0.3) is 0 Å². The van der Waals surface area contributed by atoms with Gasteiger partial charge in [0.1, 0.15) is 11.6 Å². The Bertz CT molecular complexity index is 2120. The van der Waals surface area contributed by atoms with Gasteiger partial charge in [-0.3, -0.25) is 28.8 Å². The first-order chi connectivity index (χ1) is 32.6. The van der Waals surface area contributed by atoms with Gasteiger partial charge in [0.15, 0.2) is 0 Å². The number of unbranched alkanes of at least 4 members (excludes halogenated alkanes) is 4. The molecule has 0 unspecified atom stereocenters. The minimum Gasteiger partial charge on any atom is -0.466 e. The van der Waals surface area contributed by atoms with Crippen LogP contribution >= 0.6 is 0 Å². The van der Waals surface area contributed by atoms with Gasteiger partial charge in [-0.25, -0.2) is 0 Å². The van der Waals surface area contributed by atoms with Crippen LogP contribution in [0.3, 0.4) is 0 Å². The van der Waals surface area contributed by atoms with Crippen molar-refractivity contribution in [3.8, 4) is 11.4 Å². The molecule has 15 heteroatoms. The first kappa shape index (κ1) is 53.4. The molecule has 2 amide bonds. The normalized spacial score (nSPS) is 27.7. The second-order valence-corrected chi connectivity index (χ2v) is 19.2. The van der Waals surface area contributed by atoms with Gasteiger partial charge in [0.2, 0.25) is 17.6 Å². The number of ether oxygens (including phenoxy) is 2. The Morgan fingerprint density at radius 1 is 0.706 bits per heavy atom. The van der Waals surface area contributed by atoms with Gasteiger partial charge in [-0.2, -0.15) is 4.80 Å². The number of carbonyl (C=O) groups excluding carboxylic acids is 6. The summed E-state index contributed by atoms with van der Waals surface area (Å²) in [5, 5.41) is 23.3. The number of aliphatic hydroxyl groups is 1. The Kier molecular flexibility index (Phi) is 19.3. The van der Waals surface area contributed by atoms with Crippen LogP contribution in [0.25, 0.3) is 11.4 Å². The number of aromatic nitrogens is 4. The van der Waals surface area contributed by atoms with Crippen molar-refractivity contribution in [2.24, 2.45) is 46.3 Å². The molecule has 4 fully saturated rings. The lowest BCUT2D eigenvalue weighted by atomic mass is 9.84. The predicted molar refractivity (Wildman–Crippen MR) is 258 cm³/mol. The van der Waals surface area contributed by atoms with Gasteiger partial charge < -0.3 is 24.4 Å². The highest BCUT2D eigenvalue weighted by Crippen LogP contribution is 2.59. The van der Waals surface area contributed by atoms with Crippen LogP contribution in [0.15, 0.2) is 81.0 Å². The van der Waals surface area contributed by atoms with Crippen LogP contribution in [0.5, 0.6) is 0 Å². The number of Topliss-reactive ketones (excluding diaryl/α,β-unsaturated/α-hetero) is 2. The number of rotatable bonds is 26. The average molecular weight is 939 g/mol. The third kappa shape index (κ3) is 12.7. The van der Waals surface area contributed by atoms with Crippen molar-refractivity contribution in [3.05, 3.63) is 81.0 Å². The van der Waals surface area contributed by atoms with E-state index in [1.54, 1.807) is 54.7 Å². The molecular weight excluding hydrogens is 865 g/mol. The average Bonchev–Trinajstić information content (AvgIpc) is 3.93. The number of aliphatic hydroxyl groups excluding tert-OH is 1. The molecule has 68 heavy (non-hydrogen) atoms. The summed E-state index contributed by atoms with van der Waals surface area (Å²) in [6.07, 6.45) is 14.6. The van der Waals surface area contributed by atoms with E-state index in [9.17, 15) is 33.9 Å². The molecular formula is C53H74N6O9. The van der Waals surface area contributed by atoms with Crippen LogP contribution in [-0.2, 0) is 38.2 Å². The zero-order chi connectivity index (χ0) is 49.6. The molecule has 1 N–H and O–H groups in total. The van der Waals surface area contributed by atoms with E-state index < -0.39 is 40.6 Å². The van der Waals surface area contributed by atoms with Crippen molar-refractivity contribution in [2.45, 2.75) is 116 Å². The Labute approximate surface area is 402 Å². The summed E-state index contributed by atoms with van der Waals surface area (Å²) in [5.41, 5.74) is -0.864. The van der Waals surface area contributed by atoms with Crippen LogP contribution in [0.4, 0.5) is 0 Å². The molecule has 0 spiro atoms. The molecule has 0 aliphatic heterocycles. The summed E-state index contributed by atoms with van der Waals surface area (Å²) in [6.45, 7) is 20.3. The van der Waals surface area contributed by atoms with Crippen molar-refractivity contribution in [1.82, 2.24) is 30.0 Å². The van der Waals surface area contributed by atoms with Gasteiger partial charge in [0, 0.05) is 57.4 Å². The number of nitrogens with zero attached hydrogens (tertiary/aromatic N) is 6. The molecule has 6 rings (SSSR count). The van der Waals surface area contributed by atoms with E-state index in [4.69, 9.17) is 9.47 Å². The van der Waals surface area contributed by atoms with E-state index >= 15 is 0 Å². The van der Waals surface area contributed by atoms with E-state index in [1.165, 1.54) is 0 Å². The lowest BCUT2D eigenvalue weighted by Gasteiger charge is -2.25. The second-order valence-electron chi connectivity index (χ2n) is 19.2. The molecule has 4 aliphatic rings. The van der Waals surface area contributed by atoms with Gasteiger partial charge >= 0.3 is 11.9 Å². The highest BCUT2D eigenvalue weighted by molar-refractivity contribution is 5.95. The van der Waals surface area contributed by atoms with Crippen LogP contribution in [-0.4, -0.2) is 117 Å². The highest BCUT2D eigenvalue weighted by atomic mass is 16.5. The smallest absolute Gasteiger partial charge is 0.313 e. The number of benzene rings is 1. The van der Waals surface area contributed by atoms with Crippen molar-refractivity contribution in [2.75, 3.05) is 40.4 Å². The molecule has 1 aromatic carbocycles. The Morgan fingerprint density at radius 2 is 1.16 bits per heavy atom. The van der Waals surface area contributed by atoms with Crippen LogP contribution in [0, 0.1) is 46.3 Å². The molecule has 10 atom stereocenters. The molecule has 0 saturated heterocycles. The van der Waals surface area contributed by atoms with Gasteiger partial charge in [0.05, 0.1) is 48.0 Å². The fraction of sp³-hybridized carbons (Fsp3) is 0.604. The second kappa shape index (κ2) is 24.6. The van der Waals surface area contributed by atoms with Crippen molar-refractivity contribution in [1.29, 1.82) is 0 Å². The predicted octanol–water partition coefficient (Wildman–Crippen LogP) is 7.34. The zero-order valence-electron chi connectivity index (χ0n) is 40.8. The lowest BCUT2D eigenvalue weighted by molar-refractivity contribution is -0.153. The Hall–Kier alpha value is -5.57. The minimum atomic E-state index is -0.872. The summed E-state index contributed by atoms with van der Waals surface area (Å²) < 4.78 is 10.5. The molecule has 0 radical (unpaired) electrons. The number of hydrogen-bond acceptors (Lipinski definition) is 12. The first-order valence-corrected chi connectivity index (χ1v) is 24.5. The van der Waals surface area contributed by atoms with E-state index in [-0.39, 0.29) is 85.7 Å². The summed E-state index contributed by atoms with van der Waals surface area (Å²) in [6, 6.07) is 9.32. The maximum absolute atomic E-state index is 13.8. The number of amides is 2. The van der Waals surface area contributed by atoms with Crippen LogP contribution in [0.1, 0.15) is 110 Å². The Balaban J connectivity index is 0.000000266. The molecule has 0 bridgehead atoms. The van der Waals surface area contributed by atoms with Crippen molar-refractivity contribution >= 4 is 35.3 Å². The SMILES string of the molecule is C=CCCCCN(C)C(=O)[C@@H]1C[C@@H](O)C[C@H]1C(=O)C[C@]1(C(=O)OCC)C[C@H]1C=C.C=CCCCCN(C)C(=O)[C@@H]1C[C@H](n2nnc(-c3ccccc3)n2)C[C@H]1C(=O)C[C@]1(C(=O)OCC)C[C@H]1C=C. The maximum atomic E-state index is 13.8. The van der Waals surface area contributed by atoms with Gasteiger partial charge in [-0.1, -0.05) is 54.6 Å². The maximum Gasteiger partial charge on any atom is 0.313 e. The third-order valence-corrected chi connectivity index (χ3v) is 14.6. The van der Waals surface area contributed by atoms with Crippen molar-refractivity contribution in [3.63, 3.8) is 0 Å². The molecule has 1 aromatic heterocycles. The summed E-state index contributed by atoms with van der Waals surface area (Å²) >= 11 is 0. The van der Waals surface area contributed by atoms with E-state index in [2.05, 4.69) is 41.7 Å². The Morgan fingerprint density at radius 3 is 1.62 bits per heavy atom.